The number of aryl methyl sites for hydroxylation is 1. The Bertz CT molecular complexity index is 1110. The van der Waals surface area contributed by atoms with Gasteiger partial charge in [-0.3, -0.25) is 19.3 Å². The lowest BCUT2D eigenvalue weighted by Crippen LogP contribution is -2.45. The maximum atomic E-state index is 12.3. The van der Waals surface area contributed by atoms with Gasteiger partial charge < -0.3 is 21.3 Å². The number of aldehydes is 1. The van der Waals surface area contributed by atoms with E-state index in [-0.39, 0.29) is 17.9 Å². The molecule has 0 radical (unpaired) electrons. The Morgan fingerprint density at radius 3 is 2.33 bits per heavy atom. The zero-order valence-electron chi connectivity index (χ0n) is 26.9. The molecule has 1 fully saturated rings. The van der Waals surface area contributed by atoms with E-state index in [9.17, 15) is 14.4 Å². The first-order valence-corrected chi connectivity index (χ1v) is 15.9. The fraction of sp³-hybridized carbons (Fsp3) is 0.625. The SMILES string of the molecule is C=C(C=O)CN1CCN(C)CC1.CCC(C)C(CNC)NC(=O)CCc1nc2ccc(C(C)C)cc2s1.CCC(N)=O. The highest BCUT2D eigenvalue weighted by Gasteiger charge is 2.18. The second kappa shape index (κ2) is 20.3. The van der Waals surface area contributed by atoms with Gasteiger partial charge in [-0.1, -0.05) is 53.7 Å². The molecule has 3 rings (SSSR count). The molecule has 2 heterocycles. The Morgan fingerprint density at radius 1 is 1.17 bits per heavy atom. The molecule has 2 amide bonds. The van der Waals surface area contributed by atoms with Crippen molar-refractivity contribution in [2.24, 2.45) is 11.7 Å². The van der Waals surface area contributed by atoms with Crippen LogP contribution in [0.4, 0.5) is 0 Å². The molecule has 2 unspecified atom stereocenters. The van der Waals surface area contributed by atoms with E-state index in [1.54, 1.807) is 18.3 Å². The van der Waals surface area contributed by atoms with Crippen molar-refractivity contribution in [3.05, 3.63) is 40.9 Å². The molecule has 236 valence electrons. The van der Waals surface area contributed by atoms with Gasteiger partial charge in [0.15, 0.2) is 0 Å². The number of hydrogen-bond acceptors (Lipinski definition) is 8. The van der Waals surface area contributed by atoms with Crippen LogP contribution in [0.25, 0.3) is 10.2 Å². The fourth-order valence-electron chi connectivity index (χ4n) is 4.18. The summed E-state index contributed by atoms with van der Waals surface area (Å²) in [5.41, 5.74) is 7.71. The smallest absolute Gasteiger partial charge is 0.220 e. The number of aromatic nitrogens is 1. The zero-order chi connectivity index (χ0) is 31.7. The molecule has 1 aromatic carbocycles. The molecule has 2 aromatic rings. The van der Waals surface area contributed by atoms with Crippen molar-refractivity contribution in [3.63, 3.8) is 0 Å². The van der Waals surface area contributed by atoms with Crippen molar-refractivity contribution < 1.29 is 14.4 Å². The van der Waals surface area contributed by atoms with Gasteiger partial charge in [0, 0.05) is 64.6 Å². The lowest BCUT2D eigenvalue weighted by atomic mass is 9.99. The van der Waals surface area contributed by atoms with Crippen molar-refractivity contribution in [1.29, 1.82) is 0 Å². The number of carbonyl (C=O) groups is 3. The average molecular weight is 603 g/mol. The lowest BCUT2D eigenvalue weighted by molar-refractivity contribution is -0.122. The summed E-state index contributed by atoms with van der Waals surface area (Å²) in [5.74, 6) is 0.853. The van der Waals surface area contributed by atoms with Gasteiger partial charge in [0.1, 0.15) is 6.29 Å². The van der Waals surface area contributed by atoms with Crippen LogP contribution in [0.15, 0.2) is 30.4 Å². The first-order chi connectivity index (χ1) is 19.9. The maximum Gasteiger partial charge on any atom is 0.220 e. The minimum Gasteiger partial charge on any atom is -0.370 e. The Balaban J connectivity index is 0.000000428. The second-order valence-electron chi connectivity index (χ2n) is 11.3. The number of primary amides is 1. The summed E-state index contributed by atoms with van der Waals surface area (Å²) in [4.78, 5) is 41.4. The van der Waals surface area contributed by atoms with Crippen LogP contribution in [0, 0.1) is 5.92 Å². The summed E-state index contributed by atoms with van der Waals surface area (Å²) >= 11 is 1.71. The van der Waals surface area contributed by atoms with Crippen LogP contribution >= 0.6 is 11.3 Å². The van der Waals surface area contributed by atoms with E-state index in [0.29, 0.717) is 36.7 Å². The molecule has 0 bridgehead atoms. The number of benzene rings is 1. The van der Waals surface area contributed by atoms with Crippen molar-refractivity contribution in [2.45, 2.75) is 72.3 Å². The highest BCUT2D eigenvalue weighted by atomic mass is 32.1. The van der Waals surface area contributed by atoms with Crippen LogP contribution in [-0.2, 0) is 20.8 Å². The first-order valence-electron chi connectivity index (χ1n) is 15.1. The van der Waals surface area contributed by atoms with E-state index in [1.165, 1.54) is 10.3 Å². The molecule has 0 aliphatic carbocycles. The summed E-state index contributed by atoms with van der Waals surface area (Å²) in [6.45, 7) is 19.9. The third kappa shape index (κ3) is 14.5. The summed E-state index contributed by atoms with van der Waals surface area (Å²) in [7, 11) is 4.04. The van der Waals surface area contributed by atoms with Gasteiger partial charge in [0.05, 0.1) is 15.2 Å². The Morgan fingerprint density at radius 2 is 1.81 bits per heavy atom. The number of carbonyl (C=O) groups excluding carboxylic acids is 3. The molecule has 0 spiro atoms. The van der Waals surface area contributed by atoms with E-state index in [1.807, 2.05) is 7.05 Å². The topological polar surface area (TPSA) is 121 Å². The number of rotatable bonds is 13. The Labute approximate surface area is 257 Å². The van der Waals surface area contributed by atoms with E-state index in [2.05, 4.69) is 90.7 Å². The molecular formula is C32H54N6O3S. The number of nitrogens with zero attached hydrogens (tertiary/aromatic N) is 3. The number of piperazine rings is 1. The molecule has 1 aliphatic heterocycles. The molecule has 10 heteroatoms. The summed E-state index contributed by atoms with van der Waals surface area (Å²) in [5, 5.41) is 7.38. The molecule has 2 atom stereocenters. The first kappa shape index (κ1) is 37.4. The fourth-order valence-corrected chi connectivity index (χ4v) is 5.20. The number of fused-ring (bicyclic) bond motifs is 1. The number of amides is 2. The molecule has 1 aromatic heterocycles. The molecular weight excluding hydrogens is 548 g/mol. The van der Waals surface area contributed by atoms with Gasteiger partial charge in [-0.25, -0.2) is 4.98 Å². The van der Waals surface area contributed by atoms with Crippen molar-refractivity contribution in [2.75, 3.05) is 53.4 Å². The zero-order valence-corrected chi connectivity index (χ0v) is 27.7. The number of likely N-dealkylation sites (N-methyl/N-ethyl adjacent to an activating group) is 2. The van der Waals surface area contributed by atoms with Crippen molar-refractivity contribution in [1.82, 2.24) is 25.4 Å². The van der Waals surface area contributed by atoms with Gasteiger partial charge in [0.25, 0.3) is 0 Å². The number of thiazole rings is 1. The summed E-state index contributed by atoms with van der Waals surface area (Å²) in [6.07, 6.45) is 3.55. The third-order valence-corrected chi connectivity index (χ3v) is 8.41. The predicted octanol–water partition coefficient (Wildman–Crippen LogP) is 3.97. The highest BCUT2D eigenvalue weighted by Crippen LogP contribution is 2.27. The molecule has 9 nitrogen and oxygen atoms in total. The van der Waals surface area contributed by atoms with E-state index in [4.69, 9.17) is 0 Å². The average Bonchev–Trinajstić information content (AvgIpc) is 3.39. The van der Waals surface area contributed by atoms with Gasteiger partial charge in [0.2, 0.25) is 11.8 Å². The number of nitrogens with two attached hydrogens (primary N) is 1. The van der Waals surface area contributed by atoms with Gasteiger partial charge in [-0.15, -0.1) is 11.3 Å². The highest BCUT2D eigenvalue weighted by molar-refractivity contribution is 7.18. The van der Waals surface area contributed by atoms with Gasteiger partial charge in [-0.2, -0.15) is 0 Å². The molecule has 1 aliphatic rings. The molecule has 42 heavy (non-hydrogen) atoms. The van der Waals surface area contributed by atoms with E-state index < -0.39 is 0 Å². The normalized spacial score (nSPS) is 15.1. The minimum atomic E-state index is -0.245. The second-order valence-corrected chi connectivity index (χ2v) is 12.4. The maximum absolute atomic E-state index is 12.3. The largest absolute Gasteiger partial charge is 0.370 e. The predicted molar refractivity (Wildman–Crippen MR) is 176 cm³/mol. The van der Waals surface area contributed by atoms with Crippen LogP contribution in [0.1, 0.15) is 70.4 Å². The van der Waals surface area contributed by atoms with Crippen LogP contribution in [0.5, 0.6) is 0 Å². The number of nitrogens with one attached hydrogen (secondary N) is 2. The summed E-state index contributed by atoms with van der Waals surface area (Å²) < 4.78 is 1.22. The third-order valence-electron chi connectivity index (χ3n) is 7.33. The molecule has 4 N–H and O–H groups in total. The van der Waals surface area contributed by atoms with E-state index in [0.717, 1.165) is 62.5 Å². The van der Waals surface area contributed by atoms with Crippen LogP contribution in [0.2, 0.25) is 0 Å². The van der Waals surface area contributed by atoms with Crippen molar-refractivity contribution in [3.8, 4) is 0 Å². The molecule has 1 saturated heterocycles. The Kier molecular flexibility index (Phi) is 18.0. The quantitative estimate of drug-likeness (QED) is 0.234. The monoisotopic (exact) mass is 602 g/mol. The summed E-state index contributed by atoms with van der Waals surface area (Å²) in [6, 6.07) is 6.66. The number of hydrogen-bond donors (Lipinski definition) is 3. The van der Waals surface area contributed by atoms with E-state index >= 15 is 0 Å². The van der Waals surface area contributed by atoms with Crippen molar-refractivity contribution >= 4 is 39.7 Å². The van der Waals surface area contributed by atoms with Crippen LogP contribution in [0.3, 0.4) is 0 Å². The van der Waals surface area contributed by atoms with Crippen LogP contribution < -0.4 is 16.4 Å². The van der Waals surface area contributed by atoms with Crippen LogP contribution in [-0.4, -0.2) is 92.3 Å². The Hall–Kier alpha value is -2.66. The minimum absolute atomic E-state index is 0.114. The van der Waals surface area contributed by atoms with Gasteiger partial charge in [-0.05, 0) is 49.2 Å². The molecule has 0 saturated carbocycles. The lowest BCUT2D eigenvalue weighted by Gasteiger charge is -2.32. The standard InChI is InChI=1S/C20H31N3OS.C9H16N2O.C3H7NO/c1-6-14(4)17(12-21-5)22-19(24)9-10-20-23-16-8-7-15(13(2)3)11-18(16)25-20;1-9(8-12)7-11-5-3-10(2)4-6-11;1-2-3(4)5/h7-8,11,13-14,17,21H,6,9-10,12H2,1-5H3,(H,22,24);8H,1,3-7H2,2H3;2H2,1H3,(H2,4,5). The van der Waals surface area contributed by atoms with Gasteiger partial charge >= 0.3 is 0 Å².